The van der Waals surface area contributed by atoms with Crippen molar-refractivity contribution < 1.29 is 18.0 Å². The van der Waals surface area contributed by atoms with Crippen LogP contribution >= 0.6 is 15.9 Å². The standard InChI is InChI=1S/C26H32BrN3O4S/c27-21-8-6-7-19(17-21)18-35(33,34)30-15-13-20(14-16-30)25(31)29-24-12-5-4-11-23(24)26(32)28-22-9-2-1-3-10-22/h4-8,11-12,17,20,22H,1-3,9-10,13-16,18H2,(H,28,32)(H,29,31). The van der Waals surface area contributed by atoms with Crippen LogP contribution in [0.4, 0.5) is 5.69 Å². The number of para-hydroxylation sites is 1. The fraction of sp³-hybridized carbons (Fsp3) is 0.462. The minimum absolute atomic E-state index is 0.0627. The van der Waals surface area contributed by atoms with Gasteiger partial charge in [0.2, 0.25) is 15.9 Å². The summed E-state index contributed by atoms with van der Waals surface area (Å²) in [4.78, 5) is 25.9. The predicted molar refractivity (Wildman–Crippen MR) is 140 cm³/mol. The molecule has 1 heterocycles. The van der Waals surface area contributed by atoms with E-state index in [-0.39, 0.29) is 29.5 Å². The van der Waals surface area contributed by atoms with E-state index in [2.05, 4.69) is 26.6 Å². The second kappa shape index (κ2) is 11.7. The maximum absolute atomic E-state index is 13.0. The third kappa shape index (κ3) is 6.92. The Morgan fingerprint density at radius 2 is 1.66 bits per heavy atom. The number of piperidine rings is 1. The van der Waals surface area contributed by atoms with Crippen molar-refractivity contribution in [2.45, 2.75) is 56.7 Å². The molecule has 0 unspecified atom stereocenters. The molecule has 2 fully saturated rings. The highest BCUT2D eigenvalue weighted by atomic mass is 79.9. The van der Waals surface area contributed by atoms with Gasteiger partial charge in [-0.1, -0.05) is 59.5 Å². The van der Waals surface area contributed by atoms with Gasteiger partial charge in [0.25, 0.3) is 5.91 Å². The molecule has 4 rings (SSSR count). The number of halogens is 1. The van der Waals surface area contributed by atoms with Crippen LogP contribution in [0, 0.1) is 5.92 Å². The Hall–Kier alpha value is -2.23. The van der Waals surface area contributed by atoms with Crippen LogP contribution in [0.15, 0.2) is 53.0 Å². The molecule has 1 saturated heterocycles. The van der Waals surface area contributed by atoms with Crippen molar-refractivity contribution in [2.75, 3.05) is 18.4 Å². The number of nitrogens with one attached hydrogen (secondary N) is 2. The smallest absolute Gasteiger partial charge is 0.253 e. The lowest BCUT2D eigenvalue weighted by atomic mass is 9.95. The minimum Gasteiger partial charge on any atom is -0.349 e. The van der Waals surface area contributed by atoms with Gasteiger partial charge in [-0.25, -0.2) is 12.7 Å². The van der Waals surface area contributed by atoms with Crippen LogP contribution in [0.25, 0.3) is 0 Å². The Labute approximate surface area is 215 Å². The van der Waals surface area contributed by atoms with E-state index < -0.39 is 10.0 Å². The van der Waals surface area contributed by atoms with Crippen molar-refractivity contribution >= 4 is 43.5 Å². The Balaban J connectivity index is 1.33. The van der Waals surface area contributed by atoms with Crippen LogP contribution in [0.2, 0.25) is 0 Å². The number of amides is 2. The van der Waals surface area contributed by atoms with E-state index in [4.69, 9.17) is 0 Å². The first-order valence-corrected chi connectivity index (χ1v) is 14.6. The van der Waals surface area contributed by atoms with Crippen LogP contribution in [-0.2, 0) is 20.6 Å². The molecule has 7 nitrogen and oxygen atoms in total. The molecule has 2 amide bonds. The molecule has 35 heavy (non-hydrogen) atoms. The summed E-state index contributed by atoms with van der Waals surface area (Å²) in [5.74, 6) is -0.706. The second-order valence-corrected chi connectivity index (χ2v) is 12.3. The SMILES string of the molecule is O=C(NC1CCCCC1)c1ccccc1NC(=O)C1CCN(S(=O)(=O)Cc2cccc(Br)c2)CC1. The number of hydrogen-bond acceptors (Lipinski definition) is 4. The Bertz CT molecular complexity index is 1160. The number of hydrogen-bond donors (Lipinski definition) is 2. The van der Waals surface area contributed by atoms with Crippen LogP contribution < -0.4 is 10.6 Å². The van der Waals surface area contributed by atoms with Crippen molar-refractivity contribution in [2.24, 2.45) is 5.92 Å². The van der Waals surface area contributed by atoms with Gasteiger partial charge in [0.15, 0.2) is 0 Å². The molecule has 0 radical (unpaired) electrons. The molecule has 2 N–H and O–H groups in total. The van der Waals surface area contributed by atoms with Crippen LogP contribution in [-0.4, -0.2) is 43.7 Å². The van der Waals surface area contributed by atoms with Crippen LogP contribution in [0.1, 0.15) is 60.9 Å². The molecule has 0 bridgehead atoms. The summed E-state index contributed by atoms with van der Waals surface area (Å²) in [6.07, 6.45) is 6.33. The van der Waals surface area contributed by atoms with Gasteiger partial charge in [-0.05, 0) is 55.5 Å². The third-order valence-electron chi connectivity index (χ3n) is 6.83. The van der Waals surface area contributed by atoms with Crippen molar-refractivity contribution in [1.29, 1.82) is 0 Å². The van der Waals surface area contributed by atoms with E-state index in [0.717, 1.165) is 35.7 Å². The molecule has 2 aromatic rings. The van der Waals surface area contributed by atoms with E-state index >= 15 is 0 Å². The van der Waals surface area contributed by atoms with Crippen molar-refractivity contribution in [1.82, 2.24) is 9.62 Å². The first-order chi connectivity index (χ1) is 16.8. The Kier molecular flexibility index (Phi) is 8.62. The summed E-state index contributed by atoms with van der Waals surface area (Å²) in [6, 6.07) is 14.5. The van der Waals surface area contributed by atoms with E-state index in [0.29, 0.717) is 37.2 Å². The number of anilines is 1. The average Bonchev–Trinajstić information content (AvgIpc) is 2.85. The Morgan fingerprint density at radius 1 is 0.943 bits per heavy atom. The molecule has 2 aromatic carbocycles. The molecule has 0 spiro atoms. The van der Waals surface area contributed by atoms with E-state index in [1.165, 1.54) is 10.7 Å². The molecule has 188 valence electrons. The highest BCUT2D eigenvalue weighted by Gasteiger charge is 2.31. The average molecular weight is 563 g/mol. The van der Waals surface area contributed by atoms with Crippen molar-refractivity contribution in [3.05, 3.63) is 64.1 Å². The molecule has 0 atom stereocenters. The maximum Gasteiger partial charge on any atom is 0.253 e. The monoisotopic (exact) mass is 561 g/mol. The number of nitrogens with zero attached hydrogens (tertiary/aromatic N) is 1. The quantitative estimate of drug-likeness (QED) is 0.512. The third-order valence-corrected chi connectivity index (χ3v) is 9.17. The van der Waals surface area contributed by atoms with Gasteiger partial charge in [0.1, 0.15) is 0 Å². The fourth-order valence-electron chi connectivity index (χ4n) is 4.86. The largest absolute Gasteiger partial charge is 0.349 e. The molecule has 2 aliphatic rings. The highest BCUT2D eigenvalue weighted by molar-refractivity contribution is 9.10. The molecule has 1 aliphatic carbocycles. The normalized spacial score (nSPS) is 18.2. The molecule has 1 aliphatic heterocycles. The van der Waals surface area contributed by atoms with E-state index in [1.54, 1.807) is 36.4 Å². The summed E-state index contributed by atoms with van der Waals surface area (Å²) in [6.45, 7) is 0.608. The molecular formula is C26H32BrN3O4S. The second-order valence-electron chi connectivity index (χ2n) is 9.40. The number of sulfonamides is 1. The Morgan fingerprint density at radius 3 is 2.37 bits per heavy atom. The maximum atomic E-state index is 13.0. The van der Waals surface area contributed by atoms with E-state index in [1.807, 2.05) is 12.1 Å². The summed E-state index contributed by atoms with van der Waals surface area (Å²) in [5.41, 5.74) is 1.68. The predicted octanol–water partition coefficient (Wildman–Crippen LogP) is 4.69. The van der Waals surface area contributed by atoms with Gasteiger partial charge < -0.3 is 10.6 Å². The molecular weight excluding hydrogens is 530 g/mol. The van der Waals surface area contributed by atoms with Gasteiger partial charge in [-0.3, -0.25) is 9.59 Å². The number of carbonyl (C=O) groups excluding carboxylic acids is 2. The lowest BCUT2D eigenvalue weighted by Gasteiger charge is -2.30. The van der Waals surface area contributed by atoms with Crippen molar-refractivity contribution in [3.63, 3.8) is 0 Å². The summed E-state index contributed by atoms with van der Waals surface area (Å²) in [5, 5.41) is 6.03. The van der Waals surface area contributed by atoms with Crippen LogP contribution in [0.3, 0.4) is 0 Å². The molecule has 9 heteroatoms. The summed E-state index contributed by atoms with van der Waals surface area (Å²) < 4.78 is 28.1. The minimum atomic E-state index is -3.47. The molecule has 1 saturated carbocycles. The number of rotatable bonds is 7. The zero-order chi connectivity index (χ0) is 24.8. The first kappa shape index (κ1) is 25.9. The topological polar surface area (TPSA) is 95.6 Å². The van der Waals surface area contributed by atoms with E-state index in [9.17, 15) is 18.0 Å². The summed E-state index contributed by atoms with van der Waals surface area (Å²) in [7, 11) is -3.47. The fourth-order valence-corrected chi connectivity index (χ4v) is 6.86. The van der Waals surface area contributed by atoms with Gasteiger partial charge >= 0.3 is 0 Å². The lowest BCUT2D eigenvalue weighted by molar-refractivity contribution is -0.120. The highest BCUT2D eigenvalue weighted by Crippen LogP contribution is 2.25. The summed E-state index contributed by atoms with van der Waals surface area (Å²) >= 11 is 3.38. The van der Waals surface area contributed by atoms with Gasteiger partial charge in [0.05, 0.1) is 17.0 Å². The van der Waals surface area contributed by atoms with Crippen molar-refractivity contribution in [3.8, 4) is 0 Å². The van der Waals surface area contributed by atoms with Gasteiger partial charge in [-0.15, -0.1) is 0 Å². The number of benzene rings is 2. The number of carbonyl (C=O) groups is 2. The van der Waals surface area contributed by atoms with Crippen LogP contribution in [0.5, 0.6) is 0 Å². The van der Waals surface area contributed by atoms with Gasteiger partial charge in [-0.2, -0.15) is 0 Å². The molecule has 0 aromatic heterocycles. The first-order valence-electron chi connectivity index (χ1n) is 12.2. The zero-order valence-electron chi connectivity index (χ0n) is 19.7. The zero-order valence-corrected chi connectivity index (χ0v) is 22.1. The van der Waals surface area contributed by atoms with Gasteiger partial charge in [0, 0.05) is 29.5 Å². The lowest BCUT2D eigenvalue weighted by Crippen LogP contribution is -2.42.